The van der Waals surface area contributed by atoms with Crippen LogP contribution in [0.2, 0.25) is 0 Å². The van der Waals surface area contributed by atoms with Gasteiger partial charge in [0.15, 0.2) is 0 Å². The van der Waals surface area contributed by atoms with Gasteiger partial charge in [0.1, 0.15) is 7.11 Å². The smallest absolute Gasteiger partial charge is 0.116 e. The van der Waals surface area contributed by atoms with Crippen LogP contribution in [-0.2, 0) is 4.74 Å². The van der Waals surface area contributed by atoms with Crippen molar-refractivity contribution >= 4 is 0 Å². The van der Waals surface area contributed by atoms with Crippen LogP contribution in [-0.4, -0.2) is 4.98 Å². The average molecular weight is 177 g/mol. The maximum absolute atomic E-state index is 5.26. The predicted molar refractivity (Wildman–Crippen MR) is 51.8 cm³/mol. The number of hydrogen-bond acceptors (Lipinski definition) is 2. The third kappa shape index (κ3) is 2.52. The molecule has 0 saturated heterocycles. The first-order chi connectivity index (χ1) is 6.05. The highest BCUT2D eigenvalue weighted by molar-refractivity contribution is 5.14. The molecule has 0 fully saturated rings. The fourth-order valence-corrected chi connectivity index (χ4v) is 1.31. The van der Waals surface area contributed by atoms with Crippen LogP contribution < -0.4 is 0 Å². The van der Waals surface area contributed by atoms with Crippen LogP contribution in [0.15, 0.2) is 24.5 Å². The van der Waals surface area contributed by atoms with Crippen LogP contribution in [0, 0.1) is 12.5 Å². The molecule has 2 radical (unpaired) electrons. The van der Waals surface area contributed by atoms with E-state index in [1.165, 1.54) is 0 Å². The molecule has 13 heavy (non-hydrogen) atoms. The van der Waals surface area contributed by atoms with Gasteiger partial charge in [0.25, 0.3) is 0 Å². The van der Waals surface area contributed by atoms with Crippen molar-refractivity contribution in [1.82, 2.24) is 4.98 Å². The summed E-state index contributed by atoms with van der Waals surface area (Å²) < 4.78 is 4.96. The minimum absolute atomic E-state index is 0.0161. The highest BCUT2D eigenvalue weighted by Crippen LogP contribution is 2.35. The first-order valence-electron chi connectivity index (χ1n) is 4.31. The van der Waals surface area contributed by atoms with Gasteiger partial charge in [-0.25, -0.2) is 0 Å². The molecule has 1 rings (SSSR count). The topological polar surface area (TPSA) is 22.1 Å². The molecule has 0 amide bonds. The largest absolute Gasteiger partial charge is 0.364 e. The van der Waals surface area contributed by atoms with E-state index in [4.69, 9.17) is 11.8 Å². The van der Waals surface area contributed by atoms with Gasteiger partial charge >= 0.3 is 0 Å². The number of rotatable bonds is 2. The highest BCUT2D eigenvalue weighted by Gasteiger charge is 2.25. The molecular weight excluding hydrogens is 162 g/mol. The molecule has 1 unspecified atom stereocenters. The quantitative estimate of drug-likeness (QED) is 0.693. The van der Waals surface area contributed by atoms with Crippen molar-refractivity contribution in [2.24, 2.45) is 5.41 Å². The molecule has 0 bridgehead atoms. The van der Waals surface area contributed by atoms with Crippen LogP contribution in [0.5, 0.6) is 0 Å². The Morgan fingerprint density at radius 3 is 2.54 bits per heavy atom. The maximum atomic E-state index is 5.26. The van der Waals surface area contributed by atoms with E-state index in [2.05, 4.69) is 25.8 Å². The average Bonchev–Trinajstić information content (AvgIpc) is 2.05. The summed E-state index contributed by atoms with van der Waals surface area (Å²) in [6.45, 7) is 6.24. The molecule has 0 aliphatic rings. The summed E-state index contributed by atoms with van der Waals surface area (Å²) in [4.78, 5) is 4.03. The fraction of sp³-hybridized carbons (Fsp3) is 0.455. The van der Waals surface area contributed by atoms with Crippen LogP contribution in [0.25, 0.3) is 0 Å². The molecule has 1 atom stereocenters. The van der Waals surface area contributed by atoms with E-state index in [-0.39, 0.29) is 11.5 Å². The lowest BCUT2D eigenvalue weighted by Gasteiger charge is -2.28. The van der Waals surface area contributed by atoms with E-state index in [1.54, 1.807) is 12.4 Å². The van der Waals surface area contributed by atoms with Gasteiger partial charge in [-0.1, -0.05) is 26.8 Å². The lowest BCUT2D eigenvalue weighted by molar-refractivity contribution is 0.0399. The van der Waals surface area contributed by atoms with Gasteiger partial charge in [-0.05, 0) is 17.0 Å². The predicted octanol–water partition coefficient (Wildman–Crippen LogP) is 2.85. The normalized spacial score (nSPS) is 14.2. The third-order valence-electron chi connectivity index (χ3n) is 1.91. The van der Waals surface area contributed by atoms with Crippen molar-refractivity contribution in [3.05, 3.63) is 37.2 Å². The molecule has 70 valence electrons. The lowest BCUT2D eigenvalue weighted by atomic mass is 9.85. The number of nitrogens with zero attached hydrogens (tertiary/aromatic N) is 1. The van der Waals surface area contributed by atoms with Crippen LogP contribution >= 0.6 is 0 Å². The van der Waals surface area contributed by atoms with Crippen LogP contribution in [0.1, 0.15) is 32.4 Å². The SMILES string of the molecule is [CH]OC(c1cccnc1)C(C)(C)C. The molecular formula is C11H15NO. The molecule has 0 aliphatic heterocycles. The van der Waals surface area contributed by atoms with Crippen molar-refractivity contribution in [3.63, 3.8) is 0 Å². The summed E-state index contributed by atoms with van der Waals surface area (Å²) >= 11 is 0. The summed E-state index contributed by atoms with van der Waals surface area (Å²) in [5, 5.41) is 0. The third-order valence-corrected chi connectivity index (χ3v) is 1.91. The Balaban J connectivity index is 2.92. The molecule has 1 heterocycles. The summed E-state index contributed by atoms with van der Waals surface area (Å²) in [7, 11) is 5.26. The second kappa shape index (κ2) is 3.88. The molecule has 1 aromatic rings. The number of aromatic nitrogens is 1. The Kier molecular flexibility index (Phi) is 3.04. The van der Waals surface area contributed by atoms with E-state index in [1.807, 2.05) is 12.1 Å². The van der Waals surface area contributed by atoms with Crippen molar-refractivity contribution in [1.29, 1.82) is 0 Å². The summed E-state index contributed by atoms with van der Waals surface area (Å²) in [5.41, 5.74) is 0.995. The van der Waals surface area contributed by atoms with Crippen molar-refractivity contribution in [2.75, 3.05) is 0 Å². The van der Waals surface area contributed by atoms with Crippen molar-refractivity contribution < 1.29 is 4.74 Å². The van der Waals surface area contributed by atoms with Crippen LogP contribution in [0.3, 0.4) is 0 Å². The van der Waals surface area contributed by atoms with E-state index in [0.29, 0.717) is 0 Å². The number of ether oxygens (including phenoxy) is 1. The molecule has 0 saturated carbocycles. The first kappa shape index (κ1) is 10.2. The second-order valence-corrected chi connectivity index (χ2v) is 4.17. The van der Waals surface area contributed by atoms with E-state index >= 15 is 0 Å². The molecule has 2 heteroatoms. The van der Waals surface area contributed by atoms with E-state index in [9.17, 15) is 0 Å². The lowest BCUT2D eigenvalue weighted by Crippen LogP contribution is -2.19. The van der Waals surface area contributed by atoms with Gasteiger partial charge in [0.05, 0.1) is 6.10 Å². The molecule has 2 nitrogen and oxygen atoms in total. The Morgan fingerprint density at radius 1 is 1.46 bits per heavy atom. The molecule has 0 aliphatic carbocycles. The molecule has 0 N–H and O–H groups in total. The molecule has 0 aromatic carbocycles. The van der Waals surface area contributed by atoms with Gasteiger partial charge in [-0.2, -0.15) is 0 Å². The maximum Gasteiger partial charge on any atom is 0.116 e. The van der Waals surface area contributed by atoms with E-state index in [0.717, 1.165) is 5.56 Å². The van der Waals surface area contributed by atoms with Crippen LogP contribution in [0.4, 0.5) is 0 Å². The van der Waals surface area contributed by atoms with Gasteiger partial charge in [-0.15, -0.1) is 0 Å². The van der Waals surface area contributed by atoms with Crippen molar-refractivity contribution in [3.8, 4) is 0 Å². The second-order valence-electron chi connectivity index (χ2n) is 4.17. The zero-order valence-corrected chi connectivity index (χ0v) is 8.32. The monoisotopic (exact) mass is 177 g/mol. The highest BCUT2D eigenvalue weighted by atomic mass is 16.5. The molecule has 1 aromatic heterocycles. The minimum Gasteiger partial charge on any atom is -0.364 e. The Bertz CT molecular complexity index is 251. The Labute approximate surface area is 80.0 Å². The van der Waals surface area contributed by atoms with Gasteiger partial charge in [0.2, 0.25) is 0 Å². The standard InChI is InChI=1S/C11H15NO/c1-11(2,3)10(13-4)9-6-5-7-12-8-9/h4-8,10H,1-3H3. The minimum atomic E-state index is -0.110. The summed E-state index contributed by atoms with van der Waals surface area (Å²) in [6, 6.07) is 3.85. The first-order valence-corrected chi connectivity index (χ1v) is 4.31. The Hall–Kier alpha value is -0.890. The molecule has 0 spiro atoms. The van der Waals surface area contributed by atoms with Gasteiger partial charge < -0.3 is 4.74 Å². The fourth-order valence-electron chi connectivity index (χ4n) is 1.31. The Morgan fingerprint density at radius 2 is 2.15 bits per heavy atom. The van der Waals surface area contributed by atoms with Crippen molar-refractivity contribution in [2.45, 2.75) is 26.9 Å². The summed E-state index contributed by atoms with van der Waals surface area (Å²) in [5.74, 6) is 0. The summed E-state index contributed by atoms with van der Waals surface area (Å²) in [6.07, 6.45) is 3.41. The number of pyridine rings is 1. The zero-order valence-electron chi connectivity index (χ0n) is 8.32. The zero-order chi connectivity index (χ0) is 9.90. The van der Waals surface area contributed by atoms with E-state index < -0.39 is 0 Å². The van der Waals surface area contributed by atoms with Gasteiger partial charge in [-0.3, -0.25) is 4.98 Å². The number of hydrogen-bond donors (Lipinski definition) is 0. The van der Waals surface area contributed by atoms with Gasteiger partial charge in [0, 0.05) is 12.4 Å².